The molecule has 0 amide bonds. The Kier molecular flexibility index (Phi) is 6.63. The molecule has 0 radical (unpaired) electrons. The van der Waals surface area contributed by atoms with E-state index in [-0.39, 0.29) is 17.9 Å². The molecule has 3 N–H and O–H groups in total. The Bertz CT molecular complexity index is 937. The first-order chi connectivity index (χ1) is 12.2. The molecule has 0 saturated heterocycles. The molecule has 0 spiro atoms. The number of nitrogens with zero attached hydrogens (tertiary/aromatic N) is 2. The van der Waals surface area contributed by atoms with E-state index in [1.807, 2.05) is 6.92 Å². The molecule has 7 nitrogen and oxygen atoms in total. The lowest BCUT2D eigenvalue weighted by Crippen LogP contribution is -2.38. The van der Waals surface area contributed by atoms with Crippen molar-refractivity contribution < 1.29 is 4.79 Å². The van der Waals surface area contributed by atoms with Gasteiger partial charge in [-0.05, 0) is 31.2 Å². The molecule has 26 heavy (non-hydrogen) atoms. The summed E-state index contributed by atoms with van der Waals surface area (Å²) in [5.41, 5.74) is 5.19. The highest BCUT2D eigenvalue weighted by molar-refractivity contribution is 6.42. The topological polar surface area (TPSA) is 101 Å². The van der Waals surface area contributed by atoms with Crippen molar-refractivity contribution in [3.05, 3.63) is 60.2 Å². The normalized spacial score (nSPS) is 11.1. The number of halogens is 2. The molecule has 0 aliphatic rings. The lowest BCUT2D eigenvalue weighted by Gasteiger charge is -2.17. The predicted molar refractivity (Wildman–Crippen MR) is 103 cm³/mol. The molecule has 0 atom stereocenters. The number of carbonyl (C=O) groups excluding carboxylic acids is 1. The minimum atomic E-state index is -0.771. The van der Waals surface area contributed by atoms with Crippen molar-refractivity contribution in [3.63, 3.8) is 0 Å². The van der Waals surface area contributed by atoms with Crippen molar-refractivity contribution in [2.24, 2.45) is 0 Å². The van der Waals surface area contributed by atoms with E-state index in [2.05, 4.69) is 4.98 Å². The zero-order valence-corrected chi connectivity index (χ0v) is 16.0. The first-order valence-electron chi connectivity index (χ1n) is 8.02. The van der Waals surface area contributed by atoms with E-state index in [9.17, 15) is 14.4 Å². The number of H-pyrrole nitrogens is 1. The van der Waals surface area contributed by atoms with Crippen LogP contribution in [-0.4, -0.2) is 33.8 Å². The monoisotopic (exact) mass is 398 g/mol. The second-order valence-electron chi connectivity index (χ2n) is 6.02. The second kappa shape index (κ2) is 8.53. The molecule has 0 aliphatic carbocycles. The molecule has 140 valence electrons. The maximum Gasteiger partial charge on any atom is 0.329 e. The standard InChI is InChI=1S/C17H20Cl2N4O3/c1-3-6-23-15(20)14(16(25)21-17(23)26)13(24)9-22(2)8-10-4-5-11(18)12(19)7-10/h4-5,7H,3,6,8-9,20H2,1-2H3,(H,21,25,26). The summed E-state index contributed by atoms with van der Waals surface area (Å²) >= 11 is 11.9. The number of likely N-dealkylation sites (N-methyl/N-ethyl adjacent to an activating group) is 1. The highest BCUT2D eigenvalue weighted by atomic mass is 35.5. The van der Waals surface area contributed by atoms with Gasteiger partial charge < -0.3 is 5.73 Å². The van der Waals surface area contributed by atoms with Gasteiger partial charge in [-0.1, -0.05) is 36.2 Å². The van der Waals surface area contributed by atoms with Gasteiger partial charge in [-0.3, -0.25) is 24.0 Å². The fraction of sp³-hybridized carbons (Fsp3) is 0.353. The van der Waals surface area contributed by atoms with Crippen molar-refractivity contribution >= 4 is 34.8 Å². The van der Waals surface area contributed by atoms with Gasteiger partial charge in [0.25, 0.3) is 5.56 Å². The van der Waals surface area contributed by atoms with Crippen molar-refractivity contribution in [1.82, 2.24) is 14.5 Å². The molecule has 1 heterocycles. The number of nitrogens with two attached hydrogens (primary N) is 1. The van der Waals surface area contributed by atoms with Crippen LogP contribution >= 0.6 is 23.2 Å². The van der Waals surface area contributed by atoms with Crippen LogP contribution in [-0.2, 0) is 13.1 Å². The second-order valence-corrected chi connectivity index (χ2v) is 6.83. The van der Waals surface area contributed by atoms with Crippen LogP contribution in [0, 0.1) is 0 Å². The summed E-state index contributed by atoms with van der Waals surface area (Å²) in [6, 6.07) is 5.20. The maximum atomic E-state index is 12.6. The van der Waals surface area contributed by atoms with Crippen LogP contribution < -0.4 is 17.0 Å². The summed E-state index contributed by atoms with van der Waals surface area (Å²) < 4.78 is 1.20. The zero-order valence-electron chi connectivity index (χ0n) is 14.5. The highest BCUT2D eigenvalue weighted by Gasteiger charge is 2.20. The average Bonchev–Trinajstić information content (AvgIpc) is 2.54. The Labute approximate surface area is 160 Å². The number of hydrogen-bond donors (Lipinski definition) is 2. The van der Waals surface area contributed by atoms with E-state index in [1.165, 1.54) is 4.57 Å². The number of hydrogen-bond acceptors (Lipinski definition) is 5. The molecule has 0 unspecified atom stereocenters. The highest BCUT2D eigenvalue weighted by Crippen LogP contribution is 2.23. The van der Waals surface area contributed by atoms with Gasteiger partial charge in [0.05, 0.1) is 16.6 Å². The first-order valence-corrected chi connectivity index (χ1v) is 8.78. The van der Waals surface area contributed by atoms with Gasteiger partial charge in [-0.2, -0.15) is 0 Å². The lowest BCUT2D eigenvalue weighted by atomic mass is 10.1. The Morgan fingerprint density at radius 3 is 2.58 bits per heavy atom. The zero-order chi connectivity index (χ0) is 19.4. The van der Waals surface area contributed by atoms with Crippen LogP contribution in [0.4, 0.5) is 5.82 Å². The largest absolute Gasteiger partial charge is 0.384 e. The van der Waals surface area contributed by atoms with E-state index >= 15 is 0 Å². The third-order valence-corrected chi connectivity index (χ3v) is 4.55. The number of anilines is 1. The number of aromatic amines is 1. The average molecular weight is 399 g/mol. The van der Waals surface area contributed by atoms with Crippen molar-refractivity contribution in [2.75, 3.05) is 19.3 Å². The summed E-state index contributed by atoms with van der Waals surface area (Å²) in [6.45, 7) is 2.57. The summed E-state index contributed by atoms with van der Waals surface area (Å²) in [5.74, 6) is -0.565. The number of carbonyl (C=O) groups is 1. The molecule has 0 bridgehead atoms. The van der Waals surface area contributed by atoms with E-state index in [0.29, 0.717) is 29.6 Å². The van der Waals surface area contributed by atoms with E-state index in [1.54, 1.807) is 30.1 Å². The quantitative estimate of drug-likeness (QED) is 0.695. The number of nitrogen functional groups attached to an aromatic ring is 1. The van der Waals surface area contributed by atoms with Gasteiger partial charge in [-0.15, -0.1) is 0 Å². The van der Waals surface area contributed by atoms with Gasteiger partial charge in [0, 0.05) is 13.1 Å². The number of ketones is 1. The predicted octanol–water partition coefficient (Wildman–Crippen LogP) is 2.15. The van der Waals surface area contributed by atoms with Crippen LogP contribution in [0.3, 0.4) is 0 Å². The van der Waals surface area contributed by atoms with Crippen molar-refractivity contribution in [1.29, 1.82) is 0 Å². The number of benzene rings is 1. The maximum absolute atomic E-state index is 12.6. The van der Waals surface area contributed by atoms with Crippen molar-refractivity contribution in [3.8, 4) is 0 Å². The molecule has 1 aromatic carbocycles. The molecule has 2 rings (SSSR count). The van der Waals surface area contributed by atoms with Gasteiger partial charge >= 0.3 is 5.69 Å². The molecular formula is C17H20Cl2N4O3. The van der Waals surface area contributed by atoms with E-state index in [4.69, 9.17) is 28.9 Å². The van der Waals surface area contributed by atoms with Crippen LogP contribution in [0.2, 0.25) is 10.0 Å². The van der Waals surface area contributed by atoms with Gasteiger partial charge in [0.15, 0.2) is 5.78 Å². The molecule has 9 heteroatoms. The van der Waals surface area contributed by atoms with Crippen molar-refractivity contribution in [2.45, 2.75) is 26.4 Å². The summed E-state index contributed by atoms with van der Waals surface area (Å²) in [4.78, 5) is 40.3. The Morgan fingerprint density at radius 1 is 1.27 bits per heavy atom. The Morgan fingerprint density at radius 2 is 1.96 bits per heavy atom. The number of Topliss-reactive ketones (excluding diaryl/α,β-unsaturated/α-hetero) is 1. The van der Waals surface area contributed by atoms with Crippen LogP contribution in [0.5, 0.6) is 0 Å². The number of nitrogens with one attached hydrogen (secondary N) is 1. The number of rotatable bonds is 7. The molecule has 0 fully saturated rings. The smallest absolute Gasteiger partial charge is 0.329 e. The minimum absolute atomic E-state index is 0.0438. The summed E-state index contributed by atoms with van der Waals surface area (Å²) in [6.07, 6.45) is 0.640. The fourth-order valence-corrected chi connectivity index (χ4v) is 2.95. The molecule has 0 saturated carbocycles. The Hall–Kier alpha value is -2.09. The number of aromatic nitrogens is 2. The summed E-state index contributed by atoms with van der Waals surface area (Å²) in [5, 5.41) is 0.878. The molecular weight excluding hydrogens is 379 g/mol. The van der Waals surface area contributed by atoms with Crippen LogP contribution in [0.15, 0.2) is 27.8 Å². The lowest BCUT2D eigenvalue weighted by molar-refractivity contribution is 0.0941. The molecule has 2 aromatic rings. The summed E-state index contributed by atoms with van der Waals surface area (Å²) in [7, 11) is 1.73. The fourth-order valence-electron chi connectivity index (χ4n) is 2.63. The van der Waals surface area contributed by atoms with Gasteiger partial charge in [-0.25, -0.2) is 4.79 Å². The van der Waals surface area contributed by atoms with E-state index < -0.39 is 17.0 Å². The molecule has 1 aromatic heterocycles. The minimum Gasteiger partial charge on any atom is -0.384 e. The van der Waals surface area contributed by atoms with Gasteiger partial charge in [0.2, 0.25) is 0 Å². The van der Waals surface area contributed by atoms with Gasteiger partial charge in [0.1, 0.15) is 11.4 Å². The van der Waals surface area contributed by atoms with E-state index in [0.717, 1.165) is 5.56 Å². The third kappa shape index (κ3) is 4.55. The van der Waals surface area contributed by atoms with Crippen LogP contribution in [0.25, 0.3) is 0 Å². The van der Waals surface area contributed by atoms with Crippen LogP contribution in [0.1, 0.15) is 29.3 Å². The Balaban J connectivity index is 2.21. The SMILES string of the molecule is CCCn1c(N)c(C(=O)CN(C)Cc2ccc(Cl)c(Cl)c2)c(=O)[nH]c1=O. The third-order valence-electron chi connectivity index (χ3n) is 3.82. The molecule has 0 aliphatic heterocycles. The first kappa shape index (κ1) is 20.2.